The van der Waals surface area contributed by atoms with Crippen LogP contribution < -0.4 is 19.1 Å². The second kappa shape index (κ2) is 7.59. The second-order valence-corrected chi connectivity index (χ2v) is 8.95. The highest BCUT2D eigenvalue weighted by atomic mass is 32.2. The van der Waals surface area contributed by atoms with Crippen LogP contribution in [0.25, 0.3) is 0 Å². The number of ether oxygens (including phenoxy) is 2. The van der Waals surface area contributed by atoms with Crippen molar-refractivity contribution in [2.45, 2.75) is 44.1 Å². The molecule has 2 aromatic rings. The number of carbonyl (C=O) groups excluding carboxylic acids is 1. The Morgan fingerprint density at radius 3 is 2.66 bits per heavy atom. The van der Waals surface area contributed by atoms with E-state index < -0.39 is 10.0 Å². The lowest BCUT2D eigenvalue weighted by Crippen LogP contribution is -2.23. The summed E-state index contributed by atoms with van der Waals surface area (Å²) in [6, 6.07) is 9.86. The van der Waals surface area contributed by atoms with Gasteiger partial charge in [-0.3, -0.25) is 9.52 Å². The summed E-state index contributed by atoms with van der Waals surface area (Å²) in [6.45, 7) is 4.90. The fourth-order valence-corrected chi connectivity index (χ4v) is 4.79. The van der Waals surface area contributed by atoms with Crippen LogP contribution in [0.3, 0.4) is 0 Å². The number of fused-ring (bicyclic) bond motifs is 1. The van der Waals surface area contributed by atoms with Crippen molar-refractivity contribution >= 4 is 27.3 Å². The minimum atomic E-state index is -3.83. The molecule has 8 heteroatoms. The molecule has 2 heterocycles. The number of sulfonamides is 1. The van der Waals surface area contributed by atoms with E-state index in [-0.39, 0.29) is 16.9 Å². The van der Waals surface area contributed by atoms with Gasteiger partial charge in [-0.2, -0.15) is 0 Å². The second-order valence-electron chi connectivity index (χ2n) is 7.27. The highest BCUT2D eigenvalue weighted by Crippen LogP contribution is 2.39. The van der Waals surface area contributed by atoms with E-state index in [0.717, 1.165) is 18.4 Å². The van der Waals surface area contributed by atoms with Gasteiger partial charge in [0.2, 0.25) is 5.91 Å². The van der Waals surface area contributed by atoms with Gasteiger partial charge in [-0.25, -0.2) is 8.42 Å². The van der Waals surface area contributed by atoms with Crippen molar-refractivity contribution < 1.29 is 22.7 Å². The SMILES string of the molecule is CCOc1cc2c(cc1NS(=O)(=O)c1ccc(N3CCCC3=O)cc1)O[C@H](C)C2. The van der Waals surface area contributed by atoms with Crippen molar-refractivity contribution in [2.75, 3.05) is 22.8 Å². The quantitative estimate of drug-likeness (QED) is 0.781. The molecule has 2 aliphatic heterocycles. The summed E-state index contributed by atoms with van der Waals surface area (Å²) in [4.78, 5) is 13.7. The normalized spacial score (nSPS) is 18.5. The number of nitrogens with zero attached hydrogens (tertiary/aromatic N) is 1. The van der Waals surface area contributed by atoms with Gasteiger partial charge in [-0.05, 0) is 50.6 Å². The molecule has 29 heavy (non-hydrogen) atoms. The fourth-order valence-electron chi connectivity index (χ4n) is 3.72. The van der Waals surface area contributed by atoms with E-state index in [4.69, 9.17) is 9.47 Å². The van der Waals surface area contributed by atoms with E-state index in [2.05, 4.69) is 4.72 Å². The van der Waals surface area contributed by atoms with Gasteiger partial charge in [0.1, 0.15) is 17.6 Å². The van der Waals surface area contributed by atoms with Crippen LogP contribution in [0.5, 0.6) is 11.5 Å². The Bertz CT molecular complexity index is 1030. The highest BCUT2D eigenvalue weighted by Gasteiger charge is 2.25. The van der Waals surface area contributed by atoms with Crippen LogP contribution in [-0.2, 0) is 21.2 Å². The van der Waals surface area contributed by atoms with Crippen molar-refractivity contribution in [3.8, 4) is 11.5 Å². The summed E-state index contributed by atoms with van der Waals surface area (Å²) >= 11 is 0. The molecule has 0 unspecified atom stereocenters. The zero-order valence-corrected chi connectivity index (χ0v) is 17.3. The van der Waals surface area contributed by atoms with Gasteiger partial charge in [-0.1, -0.05) is 0 Å². The third-order valence-electron chi connectivity index (χ3n) is 5.07. The molecule has 0 radical (unpaired) electrons. The molecule has 1 fully saturated rings. The lowest BCUT2D eigenvalue weighted by atomic mass is 10.1. The number of benzene rings is 2. The number of hydrogen-bond acceptors (Lipinski definition) is 5. The standard InChI is InChI=1S/C21H24N2O5S/c1-3-27-20-12-15-11-14(2)28-19(15)13-18(20)22-29(25,26)17-8-6-16(7-9-17)23-10-4-5-21(23)24/h6-9,12-14,22H,3-5,10-11H2,1-2H3/t14-/m1/s1. The van der Waals surface area contributed by atoms with E-state index in [1.54, 1.807) is 23.1 Å². The molecule has 0 aliphatic carbocycles. The Labute approximate surface area is 170 Å². The average molecular weight is 416 g/mol. The zero-order chi connectivity index (χ0) is 20.6. The van der Waals surface area contributed by atoms with E-state index in [1.165, 1.54) is 12.1 Å². The minimum Gasteiger partial charge on any atom is -0.492 e. The summed E-state index contributed by atoms with van der Waals surface area (Å²) in [5, 5.41) is 0. The highest BCUT2D eigenvalue weighted by molar-refractivity contribution is 7.92. The zero-order valence-electron chi connectivity index (χ0n) is 16.5. The maximum Gasteiger partial charge on any atom is 0.262 e. The molecule has 1 amide bonds. The maximum absolute atomic E-state index is 12.9. The topological polar surface area (TPSA) is 84.9 Å². The molecule has 0 bridgehead atoms. The summed E-state index contributed by atoms with van der Waals surface area (Å²) in [5.74, 6) is 1.21. The lowest BCUT2D eigenvalue weighted by Gasteiger charge is -2.17. The van der Waals surface area contributed by atoms with Gasteiger partial charge >= 0.3 is 0 Å². The number of hydrogen-bond donors (Lipinski definition) is 1. The first-order chi connectivity index (χ1) is 13.9. The van der Waals surface area contributed by atoms with Crippen molar-refractivity contribution in [2.24, 2.45) is 0 Å². The van der Waals surface area contributed by atoms with Crippen LogP contribution in [0.15, 0.2) is 41.3 Å². The number of amides is 1. The first kappa shape index (κ1) is 19.6. The van der Waals surface area contributed by atoms with Crippen LogP contribution in [-0.4, -0.2) is 33.6 Å². The molecule has 1 saturated heterocycles. The molecule has 0 spiro atoms. The van der Waals surface area contributed by atoms with Gasteiger partial charge in [0.25, 0.3) is 10.0 Å². The summed E-state index contributed by atoms with van der Waals surface area (Å²) in [6.07, 6.45) is 2.16. The predicted octanol–water partition coefficient (Wildman–Crippen LogP) is 3.34. The maximum atomic E-state index is 12.9. The Morgan fingerprint density at radius 2 is 2.00 bits per heavy atom. The molecule has 0 saturated carbocycles. The van der Waals surface area contributed by atoms with Crippen molar-refractivity contribution in [3.05, 3.63) is 42.0 Å². The van der Waals surface area contributed by atoms with Gasteiger partial charge in [0, 0.05) is 36.7 Å². The molecule has 7 nitrogen and oxygen atoms in total. The smallest absolute Gasteiger partial charge is 0.262 e. The molecule has 1 N–H and O–H groups in total. The first-order valence-electron chi connectivity index (χ1n) is 9.77. The number of nitrogens with one attached hydrogen (secondary N) is 1. The van der Waals surface area contributed by atoms with E-state index in [9.17, 15) is 13.2 Å². The van der Waals surface area contributed by atoms with E-state index >= 15 is 0 Å². The molecule has 4 rings (SSSR count). The molecular formula is C21H24N2O5S. The third-order valence-corrected chi connectivity index (χ3v) is 6.46. The van der Waals surface area contributed by atoms with Crippen molar-refractivity contribution in [3.63, 3.8) is 0 Å². The minimum absolute atomic E-state index is 0.0483. The molecule has 1 atom stereocenters. The van der Waals surface area contributed by atoms with E-state index in [1.807, 2.05) is 19.9 Å². The first-order valence-corrected chi connectivity index (χ1v) is 11.3. The predicted molar refractivity (Wildman–Crippen MR) is 110 cm³/mol. The van der Waals surface area contributed by atoms with Crippen molar-refractivity contribution in [1.29, 1.82) is 0 Å². The Balaban J connectivity index is 1.60. The number of anilines is 2. The Kier molecular flexibility index (Phi) is 5.12. The molecule has 0 aromatic heterocycles. The Morgan fingerprint density at radius 1 is 1.24 bits per heavy atom. The van der Waals surface area contributed by atoms with Gasteiger partial charge < -0.3 is 14.4 Å². The average Bonchev–Trinajstić information content (AvgIpc) is 3.26. The third kappa shape index (κ3) is 3.89. The van der Waals surface area contributed by atoms with Crippen LogP contribution in [0.1, 0.15) is 32.3 Å². The molecule has 2 aliphatic rings. The largest absolute Gasteiger partial charge is 0.492 e. The van der Waals surface area contributed by atoms with Crippen LogP contribution in [0.2, 0.25) is 0 Å². The van der Waals surface area contributed by atoms with Gasteiger partial charge in [0.15, 0.2) is 0 Å². The number of rotatable bonds is 6. The molecule has 2 aromatic carbocycles. The fraction of sp³-hybridized carbons (Fsp3) is 0.381. The molecular weight excluding hydrogens is 392 g/mol. The lowest BCUT2D eigenvalue weighted by molar-refractivity contribution is -0.117. The van der Waals surface area contributed by atoms with Crippen LogP contribution >= 0.6 is 0 Å². The number of carbonyl (C=O) groups is 1. The monoisotopic (exact) mass is 416 g/mol. The summed E-state index contributed by atoms with van der Waals surface area (Å²) in [5.41, 5.74) is 2.06. The van der Waals surface area contributed by atoms with E-state index in [0.29, 0.717) is 42.4 Å². The van der Waals surface area contributed by atoms with Crippen LogP contribution in [0.4, 0.5) is 11.4 Å². The van der Waals surface area contributed by atoms with Gasteiger partial charge in [0.05, 0.1) is 17.2 Å². The van der Waals surface area contributed by atoms with Crippen molar-refractivity contribution in [1.82, 2.24) is 0 Å². The Hall–Kier alpha value is -2.74. The molecule has 154 valence electrons. The summed E-state index contributed by atoms with van der Waals surface area (Å²) < 4.78 is 39.9. The van der Waals surface area contributed by atoms with Crippen LogP contribution in [0, 0.1) is 0 Å². The summed E-state index contributed by atoms with van der Waals surface area (Å²) in [7, 11) is -3.83. The van der Waals surface area contributed by atoms with Gasteiger partial charge in [-0.15, -0.1) is 0 Å².